The van der Waals surface area contributed by atoms with Crippen molar-refractivity contribution in [2.24, 2.45) is 5.92 Å². The van der Waals surface area contributed by atoms with E-state index in [1.54, 1.807) is 7.11 Å². The van der Waals surface area contributed by atoms with Crippen molar-refractivity contribution in [1.29, 1.82) is 0 Å². The van der Waals surface area contributed by atoms with Gasteiger partial charge in [0, 0.05) is 41.5 Å². The Morgan fingerprint density at radius 3 is 2.47 bits per heavy atom. The molecule has 1 heterocycles. The first-order valence-corrected chi connectivity index (χ1v) is 7.22. The van der Waals surface area contributed by atoms with Crippen molar-refractivity contribution < 1.29 is 8.95 Å². The van der Waals surface area contributed by atoms with E-state index in [1.165, 1.54) is 0 Å². The Balaban J connectivity index is 2.34. The fourth-order valence-electron chi connectivity index (χ4n) is 1.88. The third kappa shape index (κ3) is 4.62. The molecule has 3 nitrogen and oxygen atoms in total. The summed E-state index contributed by atoms with van der Waals surface area (Å²) in [6.45, 7) is 5.17. The van der Waals surface area contributed by atoms with Gasteiger partial charge in [0.2, 0.25) is 0 Å². The van der Waals surface area contributed by atoms with E-state index in [-0.39, 0.29) is 0 Å². The molecule has 1 rings (SSSR count). The van der Waals surface area contributed by atoms with Gasteiger partial charge in [0.1, 0.15) is 0 Å². The van der Waals surface area contributed by atoms with Gasteiger partial charge in [-0.05, 0) is 18.8 Å². The number of ether oxygens (including phenoxy) is 1. The summed E-state index contributed by atoms with van der Waals surface area (Å²) >= 11 is 0. The lowest BCUT2D eigenvalue weighted by Crippen LogP contribution is -2.46. The van der Waals surface area contributed by atoms with Crippen LogP contribution in [-0.2, 0) is 15.5 Å². The van der Waals surface area contributed by atoms with Crippen LogP contribution in [0.5, 0.6) is 0 Å². The second-order valence-corrected chi connectivity index (χ2v) is 6.29. The Labute approximate surface area is 95.4 Å². The maximum absolute atomic E-state index is 11.2. The molecule has 0 aromatic rings. The van der Waals surface area contributed by atoms with E-state index in [4.69, 9.17) is 4.74 Å². The molecule has 0 aromatic heterocycles. The fraction of sp³-hybridized carbons (Fsp3) is 1.00. The molecule has 90 valence electrons. The third-order valence-electron chi connectivity index (χ3n) is 2.99. The Hall–Kier alpha value is 0.0700. The average Bonchev–Trinajstić information content (AvgIpc) is 2.20. The van der Waals surface area contributed by atoms with Crippen molar-refractivity contribution in [1.82, 2.24) is 5.32 Å². The molecule has 15 heavy (non-hydrogen) atoms. The van der Waals surface area contributed by atoms with Crippen LogP contribution in [0.1, 0.15) is 26.7 Å². The van der Waals surface area contributed by atoms with Crippen LogP contribution < -0.4 is 5.32 Å². The van der Waals surface area contributed by atoms with E-state index in [0.29, 0.717) is 18.0 Å². The first-order chi connectivity index (χ1) is 7.13. The van der Waals surface area contributed by atoms with Crippen LogP contribution >= 0.6 is 0 Å². The van der Waals surface area contributed by atoms with Crippen LogP contribution in [0.15, 0.2) is 0 Å². The van der Waals surface area contributed by atoms with Gasteiger partial charge in [-0.2, -0.15) is 0 Å². The van der Waals surface area contributed by atoms with Crippen molar-refractivity contribution in [2.45, 2.75) is 38.8 Å². The van der Waals surface area contributed by atoms with Crippen LogP contribution in [0.25, 0.3) is 0 Å². The normalized spacial score (nSPS) is 29.3. The molecule has 0 saturated carbocycles. The summed E-state index contributed by atoms with van der Waals surface area (Å²) < 4.78 is 16.4. The SMILES string of the molecule is COCC(NC1CCS(=O)CC1)C(C)C. The van der Waals surface area contributed by atoms with E-state index in [2.05, 4.69) is 19.2 Å². The van der Waals surface area contributed by atoms with E-state index < -0.39 is 10.8 Å². The summed E-state index contributed by atoms with van der Waals surface area (Å²) in [5, 5.41) is 3.62. The molecule has 1 unspecified atom stereocenters. The molecule has 0 amide bonds. The highest BCUT2D eigenvalue weighted by molar-refractivity contribution is 7.85. The predicted octanol–water partition coefficient (Wildman–Crippen LogP) is 1.16. The van der Waals surface area contributed by atoms with Crippen molar-refractivity contribution in [3.8, 4) is 0 Å². The first-order valence-electron chi connectivity index (χ1n) is 5.73. The minimum absolute atomic E-state index is 0.423. The lowest BCUT2D eigenvalue weighted by atomic mass is 10.0. The highest BCUT2D eigenvalue weighted by Gasteiger charge is 2.22. The van der Waals surface area contributed by atoms with Crippen molar-refractivity contribution in [3.05, 3.63) is 0 Å². The van der Waals surface area contributed by atoms with Gasteiger partial charge in [-0.3, -0.25) is 4.21 Å². The molecule has 0 radical (unpaired) electrons. The molecule has 0 spiro atoms. The highest BCUT2D eigenvalue weighted by atomic mass is 32.2. The monoisotopic (exact) mass is 233 g/mol. The van der Waals surface area contributed by atoms with Gasteiger partial charge in [-0.25, -0.2) is 0 Å². The highest BCUT2D eigenvalue weighted by Crippen LogP contribution is 2.12. The predicted molar refractivity (Wildman–Crippen MR) is 64.5 cm³/mol. The van der Waals surface area contributed by atoms with E-state index in [0.717, 1.165) is 31.0 Å². The van der Waals surface area contributed by atoms with Gasteiger partial charge in [0.25, 0.3) is 0 Å². The fourth-order valence-corrected chi connectivity index (χ4v) is 3.17. The second kappa shape index (κ2) is 6.61. The minimum Gasteiger partial charge on any atom is -0.383 e. The van der Waals surface area contributed by atoms with Crippen molar-refractivity contribution >= 4 is 10.8 Å². The number of hydrogen-bond acceptors (Lipinski definition) is 3. The third-order valence-corrected chi connectivity index (χ3v) is 4.37. The van der Waals surface area contributed by atoms with Crippen LogP contribution in [0.2, 0.25) is 0 Å². The summed E-state index contributed by atoms with van der Waals surface area (Å²) in [6, 6.07) is 0.955. The maximum atomic E-state index is 11.2. The molecule has 4 heteroatoms. The smallest absolute Gasteiger partial charge is 0.0618 e. The molecule has 0 bridgehead atoms. The molecule has 1 atom stereocenters. The molecule has 0 aliphatic carbocycles. The largest absolute Gasteiger partial charge is 0.383 e. The number of methoxy groups -OCH3 is 1. The summed E-state index contributed by atoms with van der Waals surface area (Å²) in [5.74, 6) is 2.29. The molecule has 1 aliphatic rings. The molecule has 1 N–H and O–H groups in total. The molecule has 1 aliphatic heterocycles. The molecule has 0 aromatic carbocycles. The Kier molecular flexibility index (Phi) is 5.79. The van der Waals surface area contributed by atoms with E-state index in [9.17, 15) is 4.21 Å². The molecular formula is C11H23NO2S. The lowest BCUT2D eigenvalue weighted by Gasteiger charge is -2.30. The molecule has 1 saturated heterocycles. The van der Waals surface area contributed by atoms with Gasteiger partial charge < -0.3 is 10.1 Å². The minimum atomic E-state index is -0.561. The number of nitrogens with one attached hydrogen (secondary N) is 1. The molecular weight excluding hydrogens is 210 g/mol. The van der Waals surface area contributed by atoms with Gasteiger partial charge in [0.15, 0.2) is 0 Å². The summed E-state index contributed by atoms with van der Waals surface area (Å²) in [4.78, 5) is 0. The first kappa shape index (κ1) is 13.1. The van der Waals surface area contributed by atoms with Gasteiger partial charge in [-0.1, -0.05) is 13.8 Å². The zero-order valence-electron chi connectivity index (χ0n) is 9.99. The van der Waals surface area contributed by atoms with Crippen LogP contribution in [0.4, 0.5) is 0 Å². The molecule has 1 fully saturated rings. The zero-order chi connectivity index (χ0) is 11.3. The Bertz CT molecular complexity index is 199. The van der Waals surface area contributed by atoms with Gasteiger partial charge in [0.05, 0.1) is 6.61 Å². The lowest BCUT2D eigenvalue weighted by molar-refractivity contribution is 0.139. The zero-order valence-corrected chi connectivity index (χ0v) is 10.8. The van der Waals surface area contributed by atoms with Gasteiger partial charge >= 0.3 is 0 Å². The Morgan fingerprint density at radius 1 is 1.40 bits per heavy atom. The average molecular weight is 233 g/mol. The summed E-state index contributed by atoms with van der Waals surface area (Å²) in [5.41, 5.74) is 0. The van der Waals surface area contributed by atoms with Crippen LogP contribution in [0, 0.1) is 5.92 Å². The standard InChI is InChI=1S/C11H23NO2S/c1-9(2)11(8-14-3)12-10-4-6-15(13)7-5-10/h9-12H,4-8H2,1-3H3. The number of rotatable bonds is 5. The van der Waals surface area contributed by atoms with Crippen molar-refractivity contribution in [3.63, 3.8) is 0 Å². The second-order valence-electron chi connectivity index (χ2n) is 4.59. The summed E-state index contributed by atoms with van der Waals surface area (Å²) in [6.07, 6.45) is 2.08. The topological polar surface area (TPSA) is 38.3 Å². The van der Waals surface area contributed by atoms with Crippen molar-refractivity contribution in [2.75, 3.05) is 25.2 Å². The quantitative estimate of drug-likeness (QED) is 0.774. The van der Waals surface area contributed by atoms with Gasteiger partial charge in [-0.15, -0.1) is 0 Å². The number of hydrogen-bond donors (Lipinski definition) is 1. The Morgan fingerprint density at radius 2 is 2.00 bits per heavy atom. The van der Waals surface area contributed by atoms with Crippen LogP contribution in [0.3, 0.4) is 0 Å². The van der Waals surface area contributed by atoms with E-state index in [1.807, 2.05) is 0 Å². The van der Waals surface area contributed by atoms with E-state index >= 15 is 0 Å². The van der Waals surface area contributed by atoms with Crippen LogP contribution in [-0.4, -0.2) is 41.5 Å². The maximum Gasteiger partial charge on any atom is 0.0618 e. The summed E-state index contributed by atoms with van der Waals surface area (Å²) in [7, 11) is 1.18.